The number of nitrogens with one attached hydrogen (secondary N) is 1. The summed E-state index contributed by atoms with van der Waals surface area (Å²) in [4.78, 5) is 0. The fourth-order valence-electron chi connectivity index (χ4n) is 1.70. The smallest absolute Gasteiger partial charge is 0.0914 e. The minimum atomic E-state index is -0.488. The fraction of sp³-hybridized carbons (Fsp3) is 0.538. The summed E-state index contributed by atoms with van der Waals surface area (Å²) >= 11 is 0. The van der Waals surface area contributed by atoms with Crippen molar-refractivity contribution in [1.82, 2.24) is 5.32 Å². The highest BCUT2D eigenvalue weighted by molar-refractivity contribution is 5.17. The van der Waals surface area contributed by atoms with E-state index in [1.165, 1.54) is 0 Å². The average molecular weight is 223 g/mol. The highest BCUT2D eigenvalue weighted by Crippen LogP contribution is 2.11. The van der Waals surface area contributed by atoms with Crippen molar-refractivity contribution in [1.29, 1.82) is 0 Å². The van der Waals surface area contributed by atoms with Crippen LogP contribution in [0.2, 0.25) is 0 Å². The fourth-order valence-corrected chi connectivity index (χ4v) is 1.70. The van der Waals surface area contributed by atoms with Crippen molar-refractivity contribution in [2.75, 3.05) is 6.54 Å². The summed E-state index contributed by atoms with van der Waals surface area (Å²) in [5.74, 6) is 0. The van der Waals surface area contributed by atoms with Gasteiger partial charge in [0.15, 0.2) is 0 Å². The minimum absolute atomic E-state index is 0.207. The molecule has 0 aromatic heterocycles. The van der Waals surface area contributed by atoms with Gasteiger partial charge in [0, 0.05) is 12.6 Å². The molecular weight excluding hydrogens is 202 g/mol. The van der Waals surface area contributed by atoms with Crippen molar-refractivity contribution < 1.29 is 10.2 Å². The van der Waals surface area contributed by atoms with Gasteiger partial charge >= 0.3 is 0 Å². The Labute approximate surface area is 97.1 Å². The second-order valence-electron chi connectivity index (χ2n) is 4.32. The van der Waals surface area contributed by atoms with Crippen LogP contribution in [0.1, 0.15) is 31.9 Å². The molecule has 1 rings (SSSR count). The summed E-state index contributed by atoms with van der Waals surface area (Å²) < 4.78 is 0. The van der Waals surface area contributed by atoms with E-state index < -0.39 is 6.10 Å². The lowest BCUT2D eigenvalue weighted by Crippen LogP contribution is -2.32. The highest BCUT2D eigenvalue weighted by atomic mass is 16.3. The molecular formula is C13H21NO2. The molecule has 0 radical (unpaired) electrons. The molecule has 3 atom stereocenters. The molecule has 3 heteroatoms. The molecule has 0 heterocycles. The van der Waals surface area contributed by atoms with E-state index in [2.05, 4.69) is 5.32 Å². The number of aliphatic hydroxyl groups is 2. The molecule has 0 saturated heterocycles. The van der Waals surface area contributed by atoms with Gasteiger partial charge in [-0.1, -0.05) is 30.3 Å². The minimum Gasteiger partial charge on any atom is -0.393 e. The van der Waals surface area contributed by atoms with Gasteiger partial charge in [-0.05, 0) is 25.8 Å². The first-order valence-corrected chi connectivity index (χ1v) is 5.74. The van der Waals surface area contributed by atoms with Crippen LogP contribution in [-0.2, 0) is 0 Å². The van der Waals surface area contributed by atoms with Gasteiger partial charge in [-0.15, -0.1) is 0 Å². The summed E-state index contributed by atoms with van der Waals surface area (Å²) in [7, 11) is 0. The maximum Gasteiger partial charge on any atom is 0.0914 e. The highest BCUT2D eigenvalue weighted by Gasteiger charge is 2.10. The quantitative estimate of drug-likeness (QED) is 0.684. The Bertz CT molecular complexity index is 287. The Kier molecular flexibility index (Phi) is 5.46. The van der Waals surface area contributed by atoms with E-state index in [4.69, 9.17) is 0 Å². The van der Waals surface area contributed by atoms with E-state index in [0.717, 1.165) is 5.56 Å². The summed E-state index contributed by atoms with van der Waals surface area (Å²) in [6, 6.07) is 9.78. The van der Waals surface area contributed by atoms with Crippen molar-refractivity contribution in [3.05, 3.63) is 35.9 Å². The van der Waals surface area contributed by atoms with Crippen LogP contribution in [0.3, 0.4) is 0 Å². The molecule has 0 aliphatic rings. The van der Waals surface area contributed by atoms with E-state index >= 15 is 0 Å². The van der Waals surface area contributed by atoms with E-state index in [0.29, 0.717) is 13.0 Å². The third kappa shape index (κ3) is 4.75. The first-order valence-electron chi connectivity index (χ1n) is 5.74. The first-order chi connectivity index (χ1) is 7.59. The van der Waals surface area contributed by atoms with Gasteiger partial charge in [0.2, 0.25) is 0 Å². The second-order valence-corrected chi connectivity index (χ2v) is 4.32. The zero-order valence-corrected chi connectivity index (χ0v) is 9.93. The van der Waals surface area contributed by atoms with E-state index in [9.17, 15) is 10.2 Å². The second kappa shape index (κ2) is 6.63. The van der Waals surface area contributed by atoms with Crippen LogP contribution in [-0.4, -0.2) is 28.9 Å². The number of aliphatic hydroxyl groups excluding tert-OH is 2. The third-order valence-electron chi connectivity index (χ3n) is 2.54. The van der Waals surface area contributed by atoms with Gasteiger partial charge in [-0.25, -0.2) is 0 Å². The van der Waals surface area contributed by atoms with E-state index in [1.54, 1.807) is 6.92 Å². The largest absolute Gasteiger partial charge is 0.393 e. The first kappa shape index (κ1) is 13.2. The molecule has 16 heavy (non-hydrogen) atoms. The number of benzene rings is 1. The molecule has 0 aliphatic carbocycles. The van der Waals surface area contributed by atoms with Gasteiger partial charge in [-0.3, -0.25) is 0 Å². The number of rotatable bonds is 6. The van der Waals surface area contributed by atoms with Crippen LogP contribution in [0.15, 0.2) is 30.3 Å². The van der Waals surface area contributed by atoms with Gasteiger partial charge in [0.25, 0.3) is 0 Å². The summed E-state index contributed by atoms with van der Waals surface area (Å²) in [6.07, 6.45) is -0.101. The van der Waals surface area contributed by atoms with Crippen molar-refractivity contribution in [3.8, 4) is 0 Å². The number of hydrogen-bond acceptors (Lipinski definition) is 3. The van der Waals surface area contributed by atoms with Crippen molar-refractivity contribution in [2.24, 2.45) is 0 Å². The predicted molar refractivity (Wildman–Crippen MR) is 65.2 cm³/mol. The van der Waals surface area contributed by atoms with Gasteiger partial charge in [0.05, 0.1) is 12.2 Å². The molecule has 0 spiro atoms. The molecule has 0 aliphatic heterocycles. The van der Waals surface area contributed by atoms with Gasteiger partial charge in [-0.2, -0.15) is 0 Å². The SMILES string of the molecule is CC(O)CC(C)NCC(O)c1ccccc1. The molecule has 90 valence electrons. The van der Waals surface area contributed by atoms with Gasteiger partial charge < -0.3 is 15.5 Å². The van der Waals surface area contributed by atoms with Gasteiger partial charge in [0.1, 0.15) is 0 Å². The van der Waals surface area contributed by atoms with Crippen LogP contribution in [0.25, 0.3) is 0 Å². The third-order valence-corrected chi connectivity index (χ3v) is 2.54. The zero-order chi connectivity index (χ0) is 12.0. The maximum atomic E-state index is 9.88. The van der Waals surface area contributed by atoms with E-state index in [-0.39, 0.29) is 12.1 Å². The Balaban J connectivity index is 2.33. The molecule has 3 unspecified atom stereocenters. The Morgan fingerprint density at radius 1 is 1.12 bits per heavy atom. The Morgan fingerprint density at radius 3 is 2.31 bits per heavy atom. The maximum absolute atomic E-state index is 9.88. The topological polar surface area (TPSA) is 52.5 Å². The standard InChI is InChI=1S/C13H21NO2/c1-10(8-11(2)15)14-9-13(16)12-6-4-3-5-7-12/h3-7,10-11,13-16H,8-9H2,1-2H3. The molecule has 0 fully saturated rings. The molecule has 0 saturated carbocycles. The Morgan fingerprint density at radius 2 is 1.75 bits per heavy atom. The van der Waals surface area contributed by atoms with Crippen LogP contribution < -0.4 is 5.32 Å². The van der Waals surface area contributed by atoms with Crippen LogP contribution in [0, 0.1) is 0 Å². The van der Waals surface area contributed by atoms with Crippen molar-refractivity contribution in [3.63, 3.8) is 0 Å². The molecule has 1 aromatic carbocycles. The Hall–Kier alpha value is -0.900. The van der Waals surface area contributed by atoms with Crippen molar-refractivity contribution in [2.45, 2.75) is 38.5 Å². The van der Waals surface area contributed by atoms with E-state index in [1.807, 2.05) is 37.3 Å². The molecule has 3 nitrogen and oxygen atoms in total. The summed E-state index contributed by atoms with van der Waals surface area (Å²) in [6.45, 7) is 4.29. The average Bonchev–Trinajstić information content (AvgIpc) is 2.26. The zero-order valence-electron chi connectivity index (χ0n) is 9.93. The molecule has 3 N–H and O–H groups in total. The number of hydrogen-bond donors (Lipinski definition) is 3. The lowest BCUT2D eigenvalue weighted by Gasteiger charge is -2.18. The lowest BCUT2D eigenvalue weighted by molar-refractivity contribution is 0.149. The molecule has 0 amide bonds. The molecule has 0 bridgehead atoms. The normalized spacial score (nSPS) is 16.8. The monoisotopic (exact) mass is 223 g/mol. The lowest BCUT2D eigenvalue weighted by atomic mass is 10.1. The predicted octanol–water partition coefficient (Wildman–Crippen LogP) is 1.47. The van der Waals surface area contributed by atoms with Crippen LogP contribution in [0.5, 0.6) is 0 Å². The van der Waals surface area contributed by atoms with Crippen LogP contribution >= 0.6 is 0 Å². The summed E-state index contributed by atoms with van der Waals surface area (Å²) in [5.41, 5.74) is 0.916. The molecule has 1 aromatic rings. The summed E-state index contributed by atoms with van der Waals surface area (Å²) in [5, 5.41) is 22.3. The van der Waals surface area contributed by atoms with Crippen LogP contribution in [0.4, 0.5) is 0 Å². The van der Waals surface area contributed by atoms with Crippen molar-refractivity contribution >= 4 is 0 Å².